The van der Waals surface area contributed by atoms with Crippen LogP contribution in [0.3, 0.4) is 0 Å². The van der Waals surface area contributed by atoms with Crippen LogP contribution in [-0.4, -0.2) is 48.7 Å². The Labute approximate surface area is 158 Å². The number of aromatic amines is 2. The molecule has 1 aliphatic rings. The van der Waals surface area contributed by atoms with Gasteiger partial charge in [-0.3, -0.25) is 10.00 Å². The fourth-order valence-corrected chi connectivity index (χ4v) is 3.46. The fourth-order valence-electron chi connectivity index (χ4n) is 3.46. The molecule has 0 unspecified atom stereocenters. The van der Waals surface area contributed by atoms with Crippen molar-refractivity contribution in [3.63, 3.8) is 0 Å². The third-order valence-electron chi connectivity index (χ3n) is 4.94. The minimum Gasteiger partial charge on any atom is -0.467 e. The van der Waals surface area contributed by atoms with Crippen molar-refractivity contribution in [3.05, 3.63) is 53.1 Å². The number of nitrogens with zero attached hydrogens (tertiary/aromatic N) is 5. The molecule has 2 N–H and O–H groups in total. The van der Waals surface area contributed by atoms with Crippen LogP contribution in [0.5, 0.6) is 6.01 Å². The van der Waals surface area contributed by atoms with Gasteiger partial charge in [-0.25, -0.2) is 15.0 Å². The second-order valence-corrected chi connectivity index (χ2v) is 7.93. The summed E-state index contributed by atoms with van der Waals surface area (Å²) in [6.07, 6.45) is 6.34. The quantitative estimate of drug-likeness (QED) is 0.735. The highest BCUT2D eigenvalue weighted by atomic mass is 16.5. The van der Waals surface area contributed by atoms with Gasteiger partial charge in [0.2, 0.25) is 0 Å². The van der Waals surface area contributed by atoms with Crippen LogP contribution in [0, 0.1) is 0 Å². The monoisotopic (exact) mass is 367 g/mol. The van der Waals surface area contributed by atoms with E-state index in [4.69, 9.17) is 4.74 Å². The Morgan fingerprint density at radius 1 is 1.22 bits per heavy atom. The third kappa shape index (κ3) is 3.44. The molecule has 0 aromatic carbocycles. The van der Waals surface area contributed by atoms with E-state index in [0.29, 0.717) is 6.01 Å². The number of hydrogen-bond acceptors (Lipinski definition) is 6. The van der Waals surface area contributed by atoms with E-state index in [2.05, 4.69) is 61.9 Å². The fraction of sp³-hybridized carbons (Fsp3) is 0.474. The zero-order valence-corrected chi connectivity index (χ0v) is 16.2. The summed E-state index contributed by atoms with van der Waals surface area (Å²) >= 11 is 0. The summed E-state index contributed by atoms with van der Waals surface area (Å²) in [5.74, 6) is 0. The predicted octanol–water partition coefficient (Wildman–Crippen LogP) is 2.38. The Morgan fingerprint density at radius 2 is 2.00 bits per heavy atom. The van der Waals surface area contributed by atoms with Crippen molar-refractivity contribution in [3.8, 4) is 6.01 Å². The second-order valence-electron chi connectivity index (χ2n) is 7.93. The summed E-state index contributed by atoms with van der Waals surface area (Å²) in [6, 6.07) is 2.56. The molecule has 0 spiro atoms. The molecule has 142 valence electrons. The van der Waals surface area contributed by atoms with E-state index in [-0.39, 0.29) is 11.5 Å². The van der Waals surface area contributed by atoms with Crippen molar-refractivity contribution in [2.45, 2.75) is 45.2 Å². The maximum atomic E-state index is 5.06. The van der Waals surface area contributed by atoms with Crippen molar-refractivity contribution in [2.75, 3.05) is 13.7 Å². The van der Waals surface area contributed by atoms with Crippen molar-refractivity contribution < 1.29 is 4.74 Å². The Bertz CT molecular complexity index is 907. The molecule has 8 nitrogen and oxygen atoms in total. The number of fused-ring (bicyclic) bond motifs is 1. The number of ether oxygens (including phenoxy) is 1. The summed E-state index contributed by atoms with van der Waals surface area (Å²) in [6.45, 7) is 8.14. The number of nitrogens with one attached hydrogen (secondary N) is 2. The van der Waals surface area contributed by atoms with E-state index in [0.717, 1.165) is 42.2 Å². The van der Waals surface area contributed by atoms with Crippen molar-refractivity contribution in [2.24, 2.45) is 0 Å². The van der Waals surface area contributed by atoms with Gasteiger partial charge >= 0.3 is 6.01 Å². The standard InChI is InChI=1S/C19H25N7O/c1-19(2,3)15-7-14(24-25-15)17-16-13(22-11-23-16)5-6-26(17)10-12-8-20-18(27-4)21-9-12/h7-9,11,17H,5-6,10H2,1-4H3,(H,22,23)(H,24,25)/t17-/m1/s1. The highest BCUT2D eigenvalue weighted by Crippen LogP contribution is 2.35. The first-order valence-corrected chi connectivity index (χ1v) is 9.12. The normalized spacial score (nSPS) is 17.7. The molecule has 0 saturated heterocycles. The van der Waals surface area contributed by atoms with Gasteiger partial charge < -0.3 is 9.72 Å². The Kier molecular flexibility index (Phi) is 4.43. The van der Waals surface area contributed by atoms with E-state index in [1.807, 2.05) is 12.4 Å². The molecule has 3 aromatic rings. The van der Waals surface area contributed by atoms with E-state index < -0.39 is 0 Å². The van der Waals surface area contributed by atoms with E-state index in [1.54, 1.807) is 13.4 Å². The number of rotatable bonds is 4. The lowest BCUT2D eigenvalue weighted by Gasteiger charge is -2.34. The first kappa shape index (κ1) is 17.7. The van der Waals surface area contributed by atoms with Crippen LogP contribution < -0.4 is 4.74 Å². The van der Waals surface area contributed by atoms with Gasteiger partial charge in [0.25, 0.3) is 0 Å². The zero-order valence-electron chi connectivity index (χ0n) is 16.2. The summed E-state index contributed by atoms with van der Waals surface area (Å²) in [5, 5.41) is 7.80. The van der Waals surface area contributed by atoms with E-state index in [9.17, 15) is 0 Å². The van der Waals surface area contributed by atoms with Crippen LogP contribution in [0.4, 0.5) is 0 Å². The number of aromatic nitrogens is 6. The average Bonchev–Trinajstić information content (AvgIpc) is 3.31. The minimum absolute atomic E-state index is 0.00747. The van der Waals surface area contributed by atoms with Gasteiger partial charge in [-0.1, -0.05) is 20.8 Å². The molecule has 1 atom stereocenters. The van der Waals surface area contributed by atoms with Gasteiger partial charge in [-0.05, 0) is 6.07 Å². The van der Waals surface area contributed by atoms with Crippen molar-refractivity contribution in [1.29, 1.82) is 0 Å². The number of hydrogen-bond donors (Lipinski definition) is 2. The van der Waals surface area contributed by atoms with Crippen LogP contribution in [0.2, 0.25) is 0 Å². The molecule has 0 radical (unpaired) electrons. The molecule has 0 saturated carbocycles. The third-order valence-corrected chi connectivity index (χ3v) is 4.94. The van der Waals surface area contributed by atoms with Gasteiger partial charge in [0.1, 0.15) is 0 Å². The summed E-state index contributed by atoms with van der Waals surface area (Å²) in [4.78, 5) is 18.7. The lowest BCUT2D eigenvalue weighted by atomic mass is 9.91. The van der Waals surface area contributed by atoms with Crippen LogP contribution >= 0.6 is 0 Å². The summed E-state index contributed by atoms with van der Waals surface area (Å²) < 4.78 is 5.06. The predicted molar refractivity (Wildman–Crippen MR) is 100 cm³/mol. The Balaban J connectivity index is 1.66. The molecule has 27 heavy (non-hydrogen) atoms. The maximum absolute atomic E-state index is 5.06. The molecule has 0 amide bonds. The number of H-pyrrole nitrogens is 2. The lowest BCUT2D eigenvalue weighted by Crippen LogP contribution is -2.36. The van der Waals surface area contributed by atoms with Crippen LogP contribution in [0.25, 0.3) is 0 Å². The van der Waals surface area contributed by atoms with E-state index in [1.165, 1.54) is 5.69 Å². The second kappa shape index (κ2) is 6.77. The zero-order chi connectivity index (χ0) is 19.0. The molecule has 0 aliphatic carbocycles. The molecule has 1 aliphatic heterocycles. The lowest BCUT2D eigenvalue weighted by molar-refractivity contribution is 0.196. The highest BCUT2D eigenvalue weighted by molar-refractivity contribution is 5.31. The van der Waals surface area contributed by atoms with Gasteiger partial charge in [0.05, 0.1) is 36.6 Å². The van der Waals surface area contributed by atoms with Gasteiger partial charge in [-0.2, -0.15) is 5.10 Å². The molecular formula is C19H25N7O. The topological polar surface area (TPSA) is 95.6 Å². The van der Waals surface area contributed by atoms with E-state index >= 15 is 0 Å². The largest absolute Gasteiger partial charge is 0.467 e. The number of imidazole rings is 1. The first-order chi connectivity index (χ1) is 13.0. The average molecular weight is 367 g/mol. The molecule has 4 rings (SSSR count). The van der Waals surface area contributed by atoms with Gasteiger partial charge in [0, 0.05) is 48.6 Å². The molecule has 3 aromatic heterocycles. The van der Waals surface area contributed by atoms with Crippen molar-refractivity contribution >= 4 is 0 Å². The minimum atomic E-state index is -0.00747. The molecule has 8 heteroatoms. The maximum Gasteiger partial charge on any atom is 0.316 e. The molecule has 0 fully saturated rings. The summed E-state index contributed by atoms with van der Waals surface area (Å²) in [5.41, 5.74) is 5.38. The van der Waals surface area contributed by atoms with Crippen LogP contribution in [-0.2, 0) is 18.4 Å². The summed E-state index contributed by atoms with van der Waals surface area (Å²) in [7, 11) is 1.57. The van der Waals surface area contributed by atoms with Crippen LogP contribution in [0.1, 0.15) is 55.2 Å². The SMILES string of the molecule is COc1ncc(CN2CCc3[nH]cnc3[C@H]2c2cc(C(C)(C)C)n[nH]2)cn1. The van der Waals surface area contributed by atoms with Crippen molar-refractivity contribution in [1.82, 2.24) is 35.0 Å². The Hall–Kier alpha value is -2.74. The van der Waals surface area contributed by atoms with Crippen LogP contribution in [0.15, 0.2) is 24.8 Å². The molecule has 4 heterocycles. The highest BCUT2D eigenvalue weighted by Gasteiger charge is 2.33. The Morgan fingerprint density at radius 3 is 2.67 bits per heavy atom. The molecular weight excluding hydrogens is 342 g/mol. The van der Waals surface area contributed by atoms with Gasteiger partial charge in [-0.15, -0.1) is 0 Å². The van der Waals surface area contributed by atoms with Gasteiger partial charge in [0.15, 0.2) is 0 Å². The first-order valence-electron chi connectivity index (χ1n) is 9.12. The number of methoxy groups -OCH3 is 1. The smallest absolute Gasteiger partial charge is 0.316 e. The molecule has 0 bridgehead atoms.